The Labute approximate surface area is 164 Å². The largest absolute Gasteiger partial charge is 0.405 e. The van der Waals surface area contributed by atoms with Gasteiger partial charge in [0, 0.05) is 42.7 Å². The molecule has 1 aliphatic carbocycles. The highest BCUT2D eigenvalue weighted by Gasteiger charge is 2.58. The molecule has 2 aliphatic heterocycles. The van der Waals surface area contributed by atoms with Crippen LogP contribution in [0.3, 0.4) is 0 Å². The van der Waals surface area contributed by atoms with E-state index >= 15 is 0 Å². The van der Waals surface area contributed by atoms with Crippen molar-refractivity contribution in [3.05, 3.63) is 34.2 Å². The summed E-state index contributed by atoms with van der Waals surface area (Å²) in [5.41, 5.74) is 0.308. The van der Waals surface area contributed by atoms with E-state index in [1.165, 1.54) is 15.5 Å². The van der Waals surface area contributed by atoms with Crippen LogP contribution in [-0.4, -0.2) is 51.8 Å². The number of rotatable bonds is 4. The Bertz CT molecular complexity index is 880. The number of fused-ring (bicyclic) bond motifs is 3. The fourth-order valence-corrected chi connectivity index (χ4v) is 4.84. The first kappa shape index (κ1) is 19.9. The Morgan fingerprint density at radius 1 is 1.24 bits per heavy atom. The molecule has 0 bridgehead atoms. The van der Waals surface area contributed by atoms with Crippen LogP contribution in [-0.2, 0) is 16.1 Å². The number of carbonyl (C=O) groups is 2. The van der Waals surface area contributed by atoms with Crippen LogP contribution >= 0.6 is 0 Å². The average molecular weight is 413 g/mol. The molecule has 1 saturated heterocycles. The molecule has 158 valence electrons. The minimum Gasteiger partial charge on any atom is -0.396 e. The first-order valence-corrected chi connectivity index (χ1v) is 9.70. The first-order chi connectivity index (χ1) is 13.7. The summed E-state index contributed by atoms with van der Waals surface area (Å²) in [6, 6.07) is 2.83. The molecule has 4 rings (SSSR count). The Morgan fingerprint density at radius 3 is 2.55 bits per heavy atom. The second kappa shape index (κ2) is 7.16. The summed E-state index contributed by atoms with van der Waals surface area (Å²) >= 11 is 0. The van der Waals surface area contributed by atoms with Crippen molar-refractivity contribution in [3.8, 4) is 0 Å². The van der Waals surface area contributed by atoms with E-state index in [0.29, 0.717) is 18.5 Å². The van der Waals surface area contributed by atoms with Crippen LogP contribution < -0.4 is 10.9 Å². The van der Waals surface area contributed by atoms with Crippen molar-refractivity contribution in [3.63, 3.8) is 0 Å². The second-order valence-corrected chi connectivity index (χ2v) is 8.01. The number of alkyl halides is 3. The molecule has 1 aromatic rings. The molecule has 0 aromatic carbocycles. The number of likely N-dealkylation sites (tertiary alicyclic amines) is 1. The molecule has 2 fully saturated rings. The van der Waals surface area contributed by atoms with Crippen LogP contribution in [0, 0.1) is 17.8 Å². The number of carbonyl (C=O) groups excluding carboxylic acids is 2. The lowest BCUT2D eigenvalue weighted by molar-refractivity contribution is -0.150. The Balaban J connectivity index is 1.72. The van der Waals surface area contributed by atoms with Crippen LogP contribution in [0.5, 0.6) is 0 Å². The minimum absolute atomic E-state index is 0.211. The highest BCUT2D eigenvalue weighted by Crippen LogP contribution is 2.50. The lowest BCUT2D eigenvalue weighted by Gasteiger charge is -2.36. The number of amides is 2. The number of aliphatic hydroxyl groups is 1. The molecule has 7 nitrogen and oxygen atoms in total. The standard InChI is InChI=1S/C19H22F3N3O4/c20-19(21,22)9-23-17(28)16-12(8-26)11-7-24-13(5-2-6-14(24)27)15(11)25(16)18(29)10-3-1-4-10/h2,5-6,10-12,15-16,26H,1,3-4,7-9H2,(H,23,28)/t11-,12-,15+,16-/m0/s1. The molecule has 29 heavy (non-hydrogen) atoms. The molecule has 1 aromatic heterocycles. The van der Waals surface area contributed by atoms with Gasteiger partial charge in [0.2, 0.25) is 11.8 Å². The molecule has 3 heterocycles. The highest BCUT2D eigenvalue weighted by atomic mass is 19.4. The maximum absolute atomic E-state index is 13.2. The molecule has 3 aliphatic rings. The molecular formula is C19H22F3N3O4. The van der Waals surface area contributed by atoms with Crippen molar-refractivity contribution in [2.75, 3.05) is 13.2 Å². The highest BCUT2D eigenvalue weighted by molar-refractivity contribution is 5.90. The SMILES string of the molecule is O=C(NCC(F)(F)F)[C@@H]1[C@@H](CO)[C@@H]2Cn3c(cccc3=O)[C@@H]2N1C(=O)C1CCC1. The molecule has 1 saturated carbocycles. The van der Waals surface area contributed by atoms with Gasteiger partial charge in [-0.3, -0.25) is 14.4 Å². The van der Waals surface area contributed by atoms with Crippen molar-refractivity contribution >= 4 is 11.8 Å². The summed E-state index contributed by atoms with van der Waals surface area (Å²) in [4.78, 5) is 39.5. The smallest absolute Gasteiger partial charge is 0.396 e. The monoisotopic (exact) mass is 413 g/mol. The number of hydrogen-bond donors (Lipinski definition) is 2. The van der Waals surface area contributed by atoms with Crippen LogP contribution in [0.2, 0.25) is 0 Å². The van der Waals surface area contributed by atoms with Crippen molar-refractivity contribution in [1.82, 2.24) is 14.8 Å². The zero-order valence-electron chi connectivity index (χ0n) is 15.6. The Morgan fingerprint density at radius 2 is 1.97 bits per heavy atom. The topological polar surface area (TPSA) is 91.6 Å². The number of aliphatic hydroxyl groups excluding tert-OH is 1. The van der Waals surface area contributed by atoms with Crippen LogP contribution in [0.4, 0.5) is 13.2 Å². The van der Waals surface area contributed by atoms with Crippen molar-refractivity contribution < 1.29 is 27.9 Å². The van der Waals surface area contributed by atoms with Gasteiger partial charge in [0.1, 0.15) is 12.6 Å². The maximum atomic E-state index is 13.2. The van der Waals surface area contributed by atoms with Crippen LogP contribution in [0.25, 0.3) is 0 Å². The summed E-state index contributed by atoms with van der Waals surface area (Å²) in [5.74, 6) is -2.67. The van der Waals surface area contributed by atoms with Gasteiger partial charge >= 0.3 is 6.18 Å². The zero-order valence-corrected chi connectivity index (χ0v) is 15.6. The van der Waals surface area contributed by atoms with E-state index in [2.05, 4.69) is 0 Å². The Hall–Kier alpha value is -2.36. The molecule has 2 amide bonds. The summed E-state index contributed by atoms with van der Waals surface area (Å²) in [6.45, 7) is -1.76. The predicted molar refractivity (Wildman–Crippen MR) is 94.5 cm³/mol. The predicted octanol–water partition coefficient (Wildman–Crippen LogP) is 0.817. The third-order valence-electron chi connectivity index (χ3n) is 6.39. The van der Waals surface area contributed by atoms with Gasteiger partial charge in [-0.25, -0.2) is 0 Å². The van der Waals surface area contributed by atoms with Crippen LogP contribution in [0.1, 0.15) is 31.0 Å². The molecule has 4 atom stereocenters. The lowest BCUT2D eigenvalue weighted by Crippen LogP contribution is -2.53. The fraction of sp³-hybridized carbons (Fsp3) is 0.632. The molecule has 0 unspecified atom stereocenters. The number of nitrogens with zero attached hydrogens (tertiary/aromatic N) is 2. The van der Waals surface area contributed by atoms with Crippen LogP contribution in [0.15, 0.2) is 23.0 Å². The van der Waals surface area contributed by atoms with Crippen molar-refractivity contribution in [2.45, 2.75) is 44.1 Å². The molecule has 0 radical (unpaired) electrons. The zero-order chi connectivity index (χ0) is 20.9. The van der Waals surface area contributed by atoms with Gasteiger partial charge in [-0.05, 0) is 18.9 Å². The number of aromatic nitrogens is 1. The third-order valence-corrected chi connectivity index (χ3v) is 6.39. The number of halogens is 3. The summed E-state index contributed by atoms with van der Waals surface area (Å²) < 4.78 is 39.4. The van der Waals surface area contributed by atoms with Gasteiger partial charge in [-0.15, -0.1) is 0 Å². The third kappa shape index (κ3) is 3.33. The van der Waals surface area contributed by atoms with E-state index in [1.54, 1.807) is 12.1 Å². The fourth-order valence-electron chi connectivity index (χ4n) is 4.84. The van der Waals surface area contributed by atoms with Gasteiger partial charge in [0.15, 0.2) is 0 Å². The van der Waals surface area contributed by atoms with E-state index in [-0.39, 0.29) is 23.9 Å². The van der Waals surface area contributed by atoms with Gasteiger partial charge < -0.3 is 19.9 Å². The summed E-state index contributed by atoms with van der Waals surface area (Å²) in [6.07, 6.45) is -2.38. The Kier molecular flexibility index (Phi) is 4.92. The number of hydrogen-bond acceptors (Lipinski definition) is 4. The molecule has 0 spiro atoms. The molecule has 10 heteroatoms. The summed E-state index contributed by atoms with van der Waals surface area (Å²) in [7, 11) is 0. The number of nitrogens with one attached hydrogen (secondary N) is 1. The summed E-state index contributed by atoms with van der Waals surface area (Å²) in [5, 5.41) is 11.9. The second-order valence-electron chi connectivity index (χ2n) is 8.01. The normalized spacial score (nSPS) is 28.6. The van der Waals surface area contributed by atoms with E-state index < -0.39 is 49.2 Å². The van der Waals surface area contributed by atoms with Crippen molar-refractivity contribution in [2.24, 2.45) is 17.8 Å². The van der Waals surface area contributed by atoms with E-state index in [4.69, 9.17) is 0 Å². The van der Waals surface area contributed by atoms with E-state index in [9.17, 15) is 32.7 Å². The van der Waals surface area contributed by atoms with Crippen molar-refractivity contribution in [1.29, 1.82) is 0 Å². The maximum Gasteiger partial charge on any atom is 0.405 e. The van der Waals surface area contributed by atoms with Gasteiger partial charge in [0.25, 0.3) is 5.56 Å². The minimum atomic E-state index is -4.58. The van der Waals surface area contributed by atoms with E-state index in [1.807, 2.05) is 5.32 Å². The quantitative estimate of drug-likeness (QED) is 0.765. The van der Waals surface area contributed by atoms with Gasteiger partial charge in [-0.1, -0.05) is 12.5 Å². The molecule has 2 N–H and O–H groups in total. The molecular weight excluding hydrogens is 391 g/mol. The average Bonchev–Trinajstić information content (AvgIpc) is 3.12. The van der Waals surface area contributed by atoms with Gasteiger partial charge in [-0.2, -0.15) is 13.2 Å². The first-order valence-electron chi connectivity index (χ1n) is 9.70. The van der Waals surface area contributed by atoms with E-state index in [0.717, 1.165) is 6.42 Å². The van der Waals surface area contributed by atoms with Gasteiger partial charge in [0.05, 0.1) is 6.04 Å². The number of pyridine rings is 1. The lowest BCUT2D eigenvalue weighted by atomic mass is 9.84.